The summed E-state index contributed by atoms with van der Waals surface area (Å²) in [7, 11) is -1.24. The highest BCUT2D eigenvalue weighted by Crippen LogP contribution is 2.27. The SMILES string of the molecule is CCn1nc(C)c(Br)c1CS(=O)c1ccc(N)cc1Cl. The van der Waals surface area contributed by atoms with Crippen LogP contribution in [0, 0.1) is 6.92 Å². The van der Waals surface area contributed by atoms with Crippen LogP contribution < -0.4 is 5.73 Å². The van der Waals surface area contributed by atoms with Gasteiger partial charge in [0.25, 0.3) is 0 Å². The molecule has 4 nitrogen and oxygen atoms in total. The average Bonchev–Trinajstić information content (AvgIpc) is 2.66. The minimum Gasteiger partial charge on any atom is -0.399 e. The first-order chi connectivity index (χ1) is 9.43. The lowest BCUT2D eigenvalue weighted by atomic mass is 10.3. The monoisotopic (exact) mass is 375 g/mol. The molecule has 0 amide bonds. The van der Waals surface area contributed by atoms with E-state index in [1.807, 2.05) is 18.5 Å². The van der Waals surface area contributed by atoms with Crippen LogP contribution in [0.25, 0.3) is 0 Å². The molecule has 0 radical (unpaired) electrons. The summed E-state index contributed by atoms with van der Waals surface area (Å²) in [5.41, 5.74) is 8.01. The van der Waals surface area contributed by atoms with Crippen molar-refractivity contribution in [2.24, 2.45) is 0 Å². The van der Waals surface area contributed by atoms with Gasteiger partial charge in [-0.2, -0.15) is 5.10 Å². The minimum absolute atomic E-state index is 0.360. The second-order valence-corrected chi connectivity index (χ2v) is 6.96. The molecule has 1 unspecified atom stereocenters. The number of anilines is 1. The zero-order chi connectivity index (χ0) is 14.9. The summed E-state index contributed by atoms with van der Waals surface area (Å²) < 4.78 is 15.3. The van der Waals surface area contributed by atoms with Crippen LogP contribution in [0.15, 0.2) is 27.6 Å². The molecule has 0 aliphatic heterocycles. The summed E-state index contributed by atoms with van der Waals surface area (Å²) in [5, 5.41) is 4.82. The molecule has 2 N–H and O–H groups in total. The molecule has 2 aromatic rings. The first kappa shape index (κ1) is 15.5. The van der Waals surface area contributed by atoms with E-state index >= 15 is 0 Å². The second-order valence-electron chi connectivity index (χ2n) is 4.34. The smallest absolute Gasteiger partial charge is 0.0739 e. The number of nitrogens with zero attached hydrogens (tertiary/aromatic N) is 2. The first-order valence-electron chi connectivity index (χ1n) is 6.09. The summed E-state index contributed by atoms with van der Waals surface area (Å²) in [6, 6.07) is 5.03. The van der Waals surface area contributed by atoms with Crippen LogP contribution in [0.3, 0.4) is 0 Å². The maximum atomic E-state index is 12.5. The number of aromatic nitrogens is 2. The van der Waals surface area contributed by atoms with Crippen molar-refractivity contribution < 1.29 is 4.21 Å². The molecule has 1 heterocycles. The Bertz CT molecular complexity index is 672. The third-order valence-electron chi connectivity index (χ3n) is 2.92. The molecular weight excluding hydrogens is 362 g/mol. The van der Waals surface area contributed by atoms with Crippen LogP contribution in [-0.4, -0.2) is 14.0 Å². The quantitative estimate of drug-likeness (QED) is 0.831. The maximum absolute atomic E-state index is 12.5. The van der Waals surface area contributed by atoms with E-state index in [9.17, 15) is 4.21 Å². The number of halogens is 2. The Kier molecular flexibility index (Phi) is 4.88. The lowest BCUT2D eigenvalue weighted by Crippen LogP contribution is -2.07. The topological polar surface area (TPSA) is 60.9 Å². The van der Waals surface area contributed by atoms with E-state index in [0.717, 1.165) is 22.4 Å². The van der Waals surface area contributed by atoms with Gasteiger partial charge in [-0.1, -0.05) is 11.6 Å². The van der Waals surface area contributed by atoms with Gasteiger partial charge in [-0.05, 0) is 48.0 Å². The van der Waals surface area contributed by atoms with Gasteiger partial charge in [-0.3, -0.25) is 8.89 Å². The van der Waals surface area contributed by atoms with Crippen LogP contribution in [0.2, 0.25) is 5.02 Å². The highest BCUT2D eigenvalue weighted by atomic mass is 79.9. The van der Waals surface area contributed by atoms with Crippen molar-refractivity contribution in [1.29, 1.82) is 0 Å². The van der Waals surface area contributed by atoms with E-state index in [1.165, 1.54) is 0 Å². The maximum Gasteiger partial charge on any atom is 0.0739 e. The van der Waals surface area contributed by atoms with Crippen LogP contribution in [-0.2, 0) is 23.1 Å². The molecule has 0 saturated heterocycles. The summed E-state index contributed by atoms with van der Waals surface area (Å²) in [6.07, 6.45) is 0. The Morgan fingerprint density at radius 2 is 2.20 bits per heavy atom. The van der Waals surface area contributed by atoms with Crippen molar-refractivity contribution >= 4 is 44.0 Å². The lowest BCUT2D eigenvalue weighted by Gasteiger charge is -2.08. The van der Waals surface area contributed by atoms with Gasteiger partial charge in [0.2, 0.25) is 0 Å². The first-order valence-corrected chi connectivity index (χ1v) is 8.58. The Balaban J connectivity index is 2.32. The zero-order valence-electron chi connectivity index (χ0n) is 11.2. The van der Waals surface area contributed by atoms with Gasteiger partial charge in [0.15, 0.2) is 0 Å². The van der Waals surface area contributed by atoms with Crippen molar-refractivity contribution in [2.45, 2.75) is 31.0 Å². The van der Waals surface area contributed by atoms with Crippen LogP contribution in [0.4, 0.5) is 5.69 Å². The van der Waals surface area contributed by atoms with Crippen molar-refractivity contribution in [1.82, 2.24) is 9.78 Å². The van der Waals surface area contributed by atoms with E-state index in [-0.39, 0.29) is 0 Å². The molecule has 0 aliphatic rings. The van der Waals surface area contributed by atoms with Crippen LogP contribution >= 0.6 is 27.5 Å². The van der Waals surface area contributed by atoms with Gasteiger partial charge in [0, 0.05) is 12.2 Å². The normalized spacial score (nSPS) is 12.6. The summed E-state index contributed by atoms with van der Waals surface area (Å²) >= 11 is 9.60. The fourth-order valence-corrected chi connectivity index (χ4v) is 4.16. The van der Waals surface area contributed by atoms with Crippen LogP contribution in [0.1, 0.15) is 18.3 Å². The standard InChI is InChI=1S/C13H15BrClN3OS/c1-3-18-11(13(14)8(2)17-18)7-20(19)12-5-4-9(16)6-10(12)15/h4-6H,3,7,16H2,1-2H3. The second kappa shape index (κ2) is 6.28. The number of benzene rings is 1. The number of hydrogen-bond donors (Lipinski definition) is 1. The highest BCUT2D eigenvalue weighted by molar-refractivity contribution is 9.10. The summed E-state index contributed by atoms with van der Waals surface area (Å²) in [4.78, 5) is 0.592. The summed E-state index contributed by atoms with van der Waals surface area (Å²) in [6.45, 7) is 4.65. The largest absolute Gasteiger partial charge is 0.399 e. The van der Waals surface area contributed by atoms with Gasteiger partial charge in [-0.15, -0.1) is 0 Å². The fourth-order valence-electron chi connectivity index (χ4n) is 1.91. The highest BCUT2D eigenvalue weighted by Gasteiger charge is 2.17. The Morgan fingerprint density at radius 1 is 1.50 bits per heavy atom. The van der Waals surface area contributed by atoms with E-state index in [4.69, 9.17) is 17.3 Å². The molecule has 2 rings (SSSR count). The van der Waals surface area contributed by atoms with E-state index in [1.54, 1.807) is 18.2 Å². The van der Waals surface area contributed by atoms with Crippen molar-refractivity contribution in [3.05, 3.63) is 39.1 Å². The Morgan fingerprint density at radius 3 is 2.80 bits per heavy atom. The van der Waals surface area contributed by atoms with E-state index in [2.05, 4.69) is 21.0 Å². The Hall–Kier alpha value is -0.850. The molecular formula is C13H15BrClN3OS. The molecule has 0 saturated carbocycles. The molecule has 1 atom stereocenters. The van der Waals surface area contributed by atoms with E-state index in [0.29, 0.717) is 21.4 Å². The van der Waals surface area contributed by atoms with Crippen molar-refractivity contribution in [3.8, 4) is 0 Å². The van der Waals surface area contributed by atoms with Gasteiger partial charge in [-0.25, -0.2) is 0 Å². The van der Waals surface area contributed by atoms with E-state index < -0.39 is 10.8 Å². The number of aryl methyl sites for hydroxylation is 2. The summed E-state index contributed by atoms with van der Waals surface area (Å²) in [5.74, 6) is 0.360. The lowest BCUT2D eigenvalue weighted by molar-refractivity contribution is 0.626. The molecule has 20 heavy (non-hydrogen) atoms. The third-order valence-corrected chi connectivity index (χ3v) is 5.76. The number of rotatable bonds is 4. The van der Waals surface area contributed by atoms with Gasteiger partial charge in [0.1, 0.15) is 0 Å². The number of nitrogens with two attached hydrogens (primary N) is 1. The van der Waals surface area contributed by atoms with Gasteiger partial charge in [0.05, 0.1) is 42.3 Å². The molecule has 0 bridgehead atoms. The predicted molar refractivity (Wildman–Crippen MR) is 86.3 cm³/mol. The molecule has 1 aromatic carbocycles. The number of hydrogen-bond acceptors (Lipinski definition) is 3. The van der Waals surface area contributed by atoms with Crippen molar-refractivity contribution in [2.75, 3.05) is 5.73 Å². The zero-order valence-corrected chi connectivity index (χ0v) is 14.3. The Labute approximate surface area is 133 Å². The van der Waals surface area contributed by atoms with Gasteiger partial charge < -0.3 is 5.73 Å². The van der Waals surface area contributed by atoms with Crippen LogP contribution in [0.5, 0.6) is 0 Å². The van der Waals surface area contributed by atoms with Gasteiger partial charge >= 0.3 is 0 Å². The predicted octanol–water partition coefficient (Wildman–Crippen LogP) is 3.52. The molecule has 0 fully saturated rings. The average molecular weight is 377 g/mol. The molecule has 0 spiro atoms. The number of nitrogen functional groups attached to an aromatic ring is 1. The third kappa shape index (κ3) is 3.07. The molecule has 0 aliphatic carbocycles. The molecule has 108 valence electrons. The fraction of sp³-hybridized carbons (Fsp3) is 0.308. The molecule has 7 heteroatoms. The van der Waals surface area contributed by atoms with Crippen molar-refractivity contribution in [3.63, 3.8) is 0 Å². The minimum atomic E-state index is -1.24. The molecule has 1 aromatic heterocycles.